The largest absolute Gasteiger partial charge is 0.461 e. The topological polar surface area (TPSA) is 26.0 Å². The normalized spacial score (nSPS) is 11.8. The summed E-state index contributed by atoms with van der Waals surface area (Å²) in [6, 6.07) is 3.21. The number of aromatic nitrogens is 1. The van der Waals surface area contributed by atoms with Gasteiger partial charge in [0.1, 0.15) is 10.8 Å². The zero-order chi connectivity index (χ0) is 12.6. The zero-order valence-electron chi connectivity index (χ0n) is 8.05. The van der Waals surface area contributed by atoms with Crippen LogP contribution >= 0.6 is 27.5 Å². The highest BCUT2D eigenvalue weighted by Crippen LogP contribution is 2.35. The van der Waals surface area contributed by atoms with E-state index in [0.717, 1.165) is 12.1 Å². The number of furan rings is 1. The predicted molar refractivity (Wildman–Crippen MR) is 59.7 cm³/mol. The van der Waals surface area contributed by atoms with E-state index in [1.165, 1.54) is 6.26 Å². The summed E-state index contributed by atoms with van der Waals surface area (Å²) in [5.74, 6) is 0.206. The average Bonchev–Trinajstić information content (AvgIpc) is 2.62. The Morgan fingerprint density at radius 2 is 2.00 bits per heavy atom. The van der Waals surface area contributed by atoms with Crippen LogP contribution in [0, 0.1) is 0 Å². The minimum atomic E-state index is -4.47. The molecule has 2 rings (SSSR count). The third kappa shape index (κ3) is 2.63. The van der Waals surface area contributed by atoms with Gasteiger partial charge in [0.2, 0.25) is 0 Å². The van der Waals surface area contributed by atoms with Crippen molar-refractivity contribution >= 4 is 27.5 Å². The first-order valence-electron chi connectivity index (χ1n) is 4.36. The Bertz CT molecular complexity index is 553. The Labute approximate surface area is 108 Å². The molecule has 0 unspecified atom stereocenters. The van der Waals surface area contributed by atoms with Crippen LogP contribution < -0.4 is 0 Å². The van der Waals surface area contributed by atoms with Gasteiger partial charge in [0.25, 0.3) is 0 Å². The quantitative estimate of drug-likeness (QED) is 0.705. The van der Waals surface area contributed by atoms with Crippen molar-refractivity contribution in [3.63, 3.8) is 0 Å². The summed E-state index contributed by atoms with van der Waals surface area (Å²) in [7, 11) is 0. The molecular formula is C10H4BrClF3NO. The van der Waals surface area contributed by atoms with Crippen molar-refractivity contribution in [3.8, 4) is 11.5 Å². The van der Waals surface area contributed by atoms with Gasteiger partial charge in [-0.3, -0.25) is 0 Å². The number of alkyl halides is 3. The molecule has 0 bridgehead atoms. The Morgan fingerprint density at radius 1 is 1.29 bits per heavy atom. The van der Waals surface area contributed by atoms with Crippen molar-refractivity contribution in [1.82, 2.24) is 4.98 Å². The van der Waals surface area contributed by atoms with E-state index in [-0.39, 0.29) is 16.6 Å². The second-order valence-electron chi connectivity index (χ2n) is 3.16. The summed E-state index contributed by atoms with van der Waals surface area (Å²) in [5, 5.41) is -0.238. The SMILES string of the molecule is FC(F)(F)c1cc(Cl)nc(-c2occc2Br)c1. The minimum absolute atomic E-state index is 0.0294. The monoisotopic (exact) mass is 325 g/mol. The lowest BCUT2D eigenvalue weighted by atomic mass is 10.2. The van der Waals surface area contributed by atoms with E-state index in [0.29, 0.717) is 4.47 Å². The van der Waals surface area contributed by atoms with E-state index in [4.69, 9.17) is 16.0 Å². The van der Waals surface area contributed by atoms with Crippen LogP contribution in [0.4, 0.5) is 13.2 Å². The van der Waals surface area contributed by atoms with Crippen molar-refractivity contribution in [3.05, 3.63) is 39.7 Å². The van der Waals surface area contributed by atoms with Gasteiger partial charge in [-0.1, -0.05) is 11.6 Å². The molecular weight excluding hydrogens is 322 g/mol. The third-order valence-electron chi connectivity index (χ3n) is 1.97. The molecule has 0 saturated heterocycles. The standard InChI is InChI=1S/C10H4BrClF3NO/c11-6-1-2-17-9(6)7-3-5(10(13,14)15)4-8(12)16-7/h1-4H. The molecule has 17 heavy (non-hydrogen) atoms. The minimum Gasteiger partial charge on any atom is -0.461 e. The highest BCUT2D eigenvalue weighted by atomic mass is 79.9. The van der Waals surface area contributed by atoms with E-state index >= 15 is 0 Å². The summed E-state index contributed by atoms with van der Waals surface area (Å²) in [6.45, 7) is 0. The Hall–Kier alpha value is -1.01. The van der Waals surface area contributed by atoms with Crippen LogP contribution in [0.5, 0.6) is 0 Å². The number of pyridine rings is 1. The lowest BCUT2D eigenvalue weighted by Crippen LogP contribution is -2.05. The first-order chi connectivity index (χ1) is 7.88. The van der Waals surface area contributed by atoms with Gasteiger partial charge in [0, 0.05) is 0 Å². The molecule has 0 fully saturated rings. The van der Waals surface area contributed by atoms with Gasteiger partial charge < -0.3 is 4.42 Å². The Balaban J connectivity index is 2.57. The molecule has 2 aromatic rings. The van der Waals surface area contributed by atoms with Crippen LogP contribution in [0.1, 0.15) is 5.56 Å². The molecule has 90 valence electrons. The van der Waals surface area contributed by atoms with Gasteiger partial charge in [-0.2, -0.15) is 13.2 Å². The predicted octanol–water partition coefficient (Wildman–Crippen LogP) is 4.78. The molecule has 0 saturated carbocycles. The molecule has 2 nitrogen and oxygen atoms in total. The molecule has 0 aliphatic rings. The number of halogens is 5. The lowest BCUT2D eigenvalue weighted by Gasteiger charge is -2.08. The molecule has 2 aromatic heterocycles. The molecule has 0 aliphatic heterocycles. The van der Waals surface area contributed by atoms with Crippen molar-refractivity contribution in [2.45, 2.75) is 6.18 Å². The molecule has 7 heteroatoms. The fourth-order valence-corrected chi connectivity index (χ4v) is 1.87. The highest BCUT2D eigenvalue weighted by Gasteiger charge is 2.32. The molecule has 0 aromatic carbocycles. The van der Waals surface area contributed by atoms with E-state index in [9.17, 15) is 13.2 Å². The van der Waals surface area contributed by atoms with Crippen LogP contribution in [-0.4, -0.2) is 4.98 Å². The van der Waals surface area contributed by atoms with Gasteiger partial charge in [0.05, 0.1) is 16.3 Å². The van der Waals surface area contributed by atoms with E-state index in [2.05, 4.69) is 20.9 Å². The Kier molecular flexibility index (Phi) is 3.18. The molecule has 0 amide bonds. The summed E-state index contributed by atoms with van der Waals surface area (Å²) in [4.78, 5) is 3.79. The summed E-state index contributed by atoms with van der Waals surface area (Å²) in [6.07, 6.45) is -3.13. The van der Waals surface area contributed by atoms with Crippen molar-refractivity contribution in [1.29, 1.82) is 0 Å². The zero-order valence-corrected chi connectivity index (χ0v) is 10.4. The van der Waals surface area contributed by atoms with Gasteiger partial charge in [-0.25, -0.2) is 4.98 Å². The number of hydrogen-bond donors (Lipinski definition) is 0. The van der Waals surface area contributed by atoms with Crippen LogP contribution in [0.15, 0.2) is 33.4 Å². The van der Waals surface area contributed by atoms with Crippen molar-refractivity contribution in [2.75, 3.05) is 0 Å². The molecule has 0 N–H and O–H groups in total. The van der Waals surface area contributed by atoms with Crippen LogP contribution in [0.25, 0.3) is 11.5 Å². The second-order valence-corrected chi connectivity index (χ2v) is 4.40. The van der Waals surface area contributed by atoms with Gasteiger partial charge in [-0.05, 0) is 34.1 Å². The van der Waals surface area contributed by atoms with E-state index < -0.39 is 11.7 Å². The maximum Gasteiger partial charge on any atom is 0.416 e. The number of nitrogens with zero attached hydrogens (tertiary/aromatic N) is 1. The van der Waals surface area contributed by atoms with Gasteiger partial charge >= 0.3 is 6.18 Å². The second kappa shape index (κ2) is 4.34. The molecule has 0 aliphatic carbocycles. The summed E-state index contributed by atoms with van der Waals surface area (Å²) in [5.41, 5.74) is -0.836. The van der Waals surface area contributed by atoms with Crippen molar-refractivity contribution in [2.24, 2.45) is 0 Å². The summed E-state index contributed by atoms with van der Waals surface area (Å²) < 4.78 is 43.2. The fraction of sp³-hybridized carbons (Fsp3) is 0.100. The van der Waals surface area contributed by atoms with Crippen LogP contribution in [0.3, 0.4) is 0 Å². The van der Waals surface area contributed by atoms with Crippen LogP contribution in [0.2, 0.25) is 5.15 Å². The number of rotatable bonds is 1. The molecule has 2 heterocycles. The van der Waals surface area contributed by atoms with E-state index in [1.54, 1.807) is 6.07 Å². The first-order valence-corrected chi connectivity index (χ1v) is 5.53. The highest BCUT2D eigenvalue weighted by molar-refractivity contribution is 9.10. The first kappa shape index (κ1) is 12.4. The van der Waals surface area contributed by atoms with Gasteiger partial charge in [0.15, 0.2) is 5.76 Å². The Morgan fingerprint density at radius 3 is 2.53 bits per heavy atom. The molecule has 0 spiro atoms. The van der Waals surface area contributed by atoms with Crippen LogP contribution in [-0.2, 0) is 6.18 Å². The molecule has 0 radical (unpaired) electrons. The molecule has 0 atom stereocenters. The number of hydrogen-bond acceptors (Lipinski definition) is 2. The lowest BCUT2D eigenvalue weighted by molar-refractivity contribution is -0.137. The third-order valence-corrected chi connectivity index (χ3v) is 2.79. The van der Waals surface area contributed by atoms with Crippen molar-refractivity contribution < 1.29 is 17.6 Å². The maximum atomic E-state index is 12.6. The average molecular weight is 326 g/mol. The smallest absolute Gasteiger partial charge is 0.416 e. The van der Waals surface area contributed by atoms with E-state index in [1.807, 2.05) is 0 Å². The maximum absolute atomic E-state index is 12.6. The fourth-order valence-electron chi connectivity index (χ4n) is 1.25. The van der Waals surface area contributed by atoms with Gasteiger partial charge in [-0.15, -0.1) is 0 Å². The summed E-state index contributed by atoms with van der Waals surface area (Å²) >= 11 is 8.70.